The lowest BCUT2D eigenvalue weighted by molar-refractivity contribution is -0.118. The molecule has 8 heteroatoms. The van der Waals surface area contributed by atoms with E-state index in [1.807, 2.05) is 0 Å². The topological polar surface area (TPSA) is 93.4 Å². The Balaban J connectivity index is 0.00000361. The van der Waals surface area contributed by atoms with Gasteiger partial charge in [-0.15, -0.1) is 12.4 Å². The molecule has 0 aliphatic carbocycles. The molecule has 0 aliphatic rings. The fourth-order valence-corrected chi connectivity index (χ4v) is 1.59. The molecule has 2 amide bonds. The third-order valence-electron chi connectivity index (χ3n) is 2.35. The molecular formula is C12H17Cl2N3O3. The number of benzene rings is 1. The Bertz CT molecular complexity index is 495. The molecule has 0 aromatic heterocycles. The second kappa shape index (κ2) is 8.50. The zero-order valence-electron chi connectivity index (χ0n) is 11.2. The fraction of sp³-hybridized carbons (Fsp3) is 0.333. The highest BCUT2D eigenvalue weighted by Crippen LogP contribution is 2.28. The first-order chi connectivity index (χ1) is 8.95. The number of nitrogen functional groups attached to an aromatic ring is 1. The Morgan fingerprint density at radius 2 is 1.90 bits per heavy atom. The van der Waals surface area contributed by atoms with Crippen LogP contribution in [0.1, 0.15) is 17.3 Å². The van der Waals surface area contributed by atoms with Crippen LogP contribution in [-0.4, -0.2) is 32.0 Å². The van der Waals surface area contributed by atoms with E-state index in [1.54, 1.807) is 0 Å². The van der Waals surface area contributed by atoms with E-state index in [-0.39, 0.29) is 29.2 Å². The minimum atomic E-state index is -0.343. The SMILES string of the molecule is COc1cc(N)c(Cl)cc1C(=O)NCCNC(C)=O.Cl. The van der Waals surface area contributed by atoms with E-state index in [0.717, 1.165) is 0 Å². The molecule has 0 unspecified atom stereocenters. The van der Waals surface area contributed by atoms with Crippen molar-refractivity contribution >= 4 is 41.5 Å². The lowest BCUT2D eigenvalue weighted by Gasteiger charge is -2.11. The number of hydrogen-bond acceptors (Lipinski definition) is 4. The van der Waals surface area contributed by atoms with Crippen molar-refractivity contribution in [2.45, 2.75) is 6.92 Å². The van der Waals surface area contributed by atoms with Crippen LogP contribution in [0.3, 0.4) is 0 Å². The van der Waals surface area contributed by atoms with Gasteiger partial charge in [-0.3, -0.25) is 9.59 Å². The van der Waals surface area contributed by atoms with E-state index in [1.165, 1.54) is 26.2 Å². The molecule has 112 valence electrons. The summed E-state index contributed by atoms with van der Waals surface area (Å²) in [6, 6.07) is 2.94. The molecule has 0 aliphatic heterocycles. The second-order valence-corrected chi connectivity index (χ2v) is 4.22. The Morgan fingerprint density at radius 3 is 2.45 bits per heavy atom. The number of nitrogens with two attached hydrogens (primary N) is 1. The number of rotatable bonds is 5. The first-order valence-corrected chi connectivity index (χ1v) is 5.99. The van der Waals surface area contributed by atoms with Crippen LogP contribution >= 0.6 is 24.0 Å². The maximum Gasteiger partial charge on any atom is 0.255 e. The van der Waals surface area contributed by atoms with Gasteiger partial charge in [0.1, 0.15) is 5.75 Å². The van der Waals surface area contributed by atoms with Crippen molar-refractivity contribution in [3.63, 3.8) is 0 Å². The number of carbonyl (C=O) groups is 2. The number of amides is 2. The third-order valence-corrected chi connectivity index (χ3v) is 2.68. The summed E-state index contributed by atoms with van der Waals surface area (Å²) in [6.07, 6.45) is 0. The van der Waals surface area contributed by atoms with Gasteiger partial charge in [-0.25, -0.2) is 0 Å². The summed E-state index contributed by atoms with van der Waals surface area (Å²) in [5.74, 6) is -0.148. The molecular weight excluding hydrogens is 305 g/mol. The van der Waals surface area contributed by atoms with E-state index in [4.69, 9.17) is 22.1 Å². The van der Waals surface area contributed by atoms with Gasteiger partial charge in [0.25, 0.3) is 5.91 Å². The van der Waals surface area contributed by atoms with Crippen molar-refractivity contribution < 1.29 is 14.3 Å². The van der Waals surface area contributed by atoms with Crippen molar-refractivity contribution in [2.24, 2.45) is 0 Å². The number of ether oxygens (including phenoxy) is 1. The minimum Gasteiger partial charge on any atom is -0.496 e. The molecule has 1 rings (SSSR count). The van der Waals surface area contributed by atoms with Crippen molar-refractivity contribution in [1.82, 2.24) is 10.6 Å². The monoisotopic (exact) mass is 321 g/mol. The van der Waals surface area contributed by atoms with E-state index >= 15 is 0 Å². The third kappa shape index (κ3) is 5.14. The highest BCUT2D eigenvalue weighted by atomic mass is 35.5. The highest BCUT2D eigenvalue weighted by Gasteiger charge is 2.14. The fourth-order valence-electron chi connectivity index (χ4n) is 1.43. The lowest BCUT2D eigenvalue weighted by atomic mass is 10.1. The molecule has 0 saturated heterocycles. The molecule has 0 fully saturated rings. The van der Waals surface area contributed by atoms with Gasteiger partial charge in [-0.05, 0) is 6.07 Å². The van der Waals surface area contributed by atoms with Gasteiger partial charge in [0.05, 0.1) is 23.4 Å². The maximum atomic E-state index is 11.9. The van der Waals surface area contributed by atoms with Crippen LogP contribution < -0.4 is 21.1 Å². The molecule has 1 aromatic rings. The highest BCUT2D eigenvalue weighted by molar-refractivity contribution is 6.33. The van der Waals surface area contributed by atoms with Gasteiger partial charge in [0.15, 0.2) is 0 Å². The number of methoxy groups -OCH3 is 1. The quantitative estimate of drug-likeness (QED) is 0.561. The van der Waals surface area contributed by atoms with Gasteiger partial charge in [-0.1, -0.05) is 11.6 Å². The Kier molecular flexibility index (Phi) is 7.79. The molecule has 0 heterocycles. The number of carbonyl (C=O) groups excluding carboxylic acids is 2. The molecule has 0 saturated carbocycles. The van der Waals surface area contributed by atoms with Crippen LogP contribution in [-0.2, 0) is 4.79 Å². The normalized spacial score (nSPS) is 9.35. The average molecular weight is 322 g/mol. The van der Waals surface area contributed by atoms with Crippen LogP contribution in [0.2, 0.25) is 5.02 Å². The molecule has 0 radical (unpaired) electrons. The summed E-state index contributed by atoms with van der Waals surface area (Å²) in [5, 5.41) is 5.50. The number of halogens is 2. The zero-order valence-corrected chi connectivity index (χ0v) is 12.7. The second-order valence-electron chi connectivity index (χ2n) is 3.81. The van der Waals surface area contributed by atoms with Crippen LogP contribution in [0.5, 0.6) is 5.75 Å². The van der Waals surface area contributed by atoms with E-state index in [9.17, 15) is 9.59 Å². The van der Waals surface area contributed by atoms with Gasteiger partial charge in [0, 0.05) is 26.1 Å². The molecule has 0 bridgehead atoms. The van der Waals surface area contributed by atoms with Gasteiger partial charge in [-0.2, -0.15) is 0 Å². The molecule has 6 nitrogen and oxygen atoms in total. The molecule has 20 heavy (non-hydrogen) atoms. The molecule has 0 spiro atoms. The largest absolute Gasteiger partial charge is 0.496 e. The summed E-state index contributed by atoms with van der Waals surface area (Å²) in [5.41, 5.74) is 6.27. The minimum absolute atomic E-state index is 0. The Morgan fingerprint density at radius 1 is 1.30 bits per heavy atom. The lowest BCUT2D eigenvalue weighted by Crippen LogP contribution is -2.33. The summed E-state index contributed by atoms with van der Waals surface area (Å²) < 4.78 is 5.08. The van der Waals surface area contributed by atoms with Gasteiger partial charge in [0.2, 0.25) is 5.91 Å². The van der Waals surface area contributed by atoms with E-state index < -0.39 is 0 Å². The van der Waals surface area contributed by atoms with Crippen LogP contribution in [0.4, 0.5) is 5.69 Å². The van der Waals surface area contributed by atoms with Crippen molar-refractivity contribution in [3.05, 3.63) is 22.7 Å². The maximum absolute atomic E-state index is 11.9. The van der Waals surface area contributed by atoms with E-state index in [2.05, 4.69) is 10.6 Å². The molecule has 0 atom stereocenters. The smallest absolute Gasteiger partial charge is 0.255 e. The summed E-state index contributed by atoms with van der Waals surface area (Å²) >= 11 is 5.87. The first kappa shape index (κ1) is 18.3. The zero-order chi connectivity index (χ0) is 14.4. The standard InChI is InChI=1S/C12H16ClN3O3.ClH/c1-7(17)15-3-4-16-12(18)8-5-9(13)10(14)6-11(8)19-2;/h5-6H,3-4,14H2,1-2H3,(H,15,17)(H,16,18);1H. The Labute approximate surface area is 128 Å². The van der Waals surface area contributed by atoms with Crippen molar-refractivity contribution in [1.29, 1.82) is 0 Å². The van der Waals surface area contributed by atoms with Crippen molar-refractivity contribution in [3.8, 4) is 5.75 Å². The Hall–Kier alpha value is -1.66. The van der Waals surface area contributed by atoms with Crippen LogP contribution in [0.25, 0.3) is 0 Å². The van der Waals surface area contributed by atoms with Gasteiger partial charge < -0.3 is 21.1 Å². The average Bonchev–Trinajstić information content (AvgIpc) is 2.36. The number of nitrogens with one attached hydrogen (secondary N) is 2. The summed E-state index contributed by atoms with van der Waals surface area (Å²) in [7, 11) is 1.44. The predicted octanol–water partition coefficient (Wildman–Crippen LogP) is 1.22. The van der Waals surface area contributed by atoms with Crippen LogP contribution in [0, 0.1) is 0 Å². The molecule has 1 aromatic carbocycles. The first-order valence-electron chi connectivity index (χ1n) is 5.61. The van der Waals surface area contributed by atoms with Crippen molar-refractivity contribution in [2.75, 3.05) is 25.9 Å². The summed E-state index contributed by atoms with van der Waals surface area (Å²) in [4.78, 5) is 22.6. The van der Waals surface area contributed by atoms with E-state index in [0.29, 0.717) is 30.1 Å². The summed E-state index contributed by atoms with van der Waals surface area (Å²) in [6.45, 7) is 2.07. The number of hydrogen-bond donors (Lipinski definition) is 3. The van der Waals surface area contributed by atoms with Gasteiger partial charge >= 0.3 is 0 Å². The number of anilines is 1. The predicted molar refractivity (Wildman–Crippen MR) is 80.7 cm³/mol. The van der Waals surface area contributed by atoms with Crippen LogP contribution in [0.15, 0.2) is 12.1 Å². The molecule has 4 N–H and O–H groups in total.